The maximum absolute atomic E-state index is 5.48. The standard InChI is InChI=1S/C50H30N2/c1-2-17-37-35(15-1)36-16-3-4-18-38(36)42-30-32(27-28-39(37)42)31-13-11-14-33(29-31)34-21-12-24-45-48(34)52-47-26-10-9-25-46(47)51-49(52)50(45)43-22-7-5-19-40(43)41-20-6-8-23-44(41)50/h1-30H. The summed E-state index contributed by atoms with van der Waals surface area (Å²) >= 11 is 0. The first-order chi connectivity index (χ1) is 25.8. The fourth-order valence-electron chi connectivity index (χ4n) is 9.66. The Balaban J connectivity index is 1.11. The van der Waals surface area contributed by atoms with Gasteiger partial charge in [-0.05, 0) is 101 Å². The molecule has 2 nitrogen and oxygen atoms in total. The summed E-state index contributed by atoms with van der Waals surface area (Å²) in [6.45, 7) is 0. The summed E-state index contributed by atoms with van der Waals surface area (Å²) in [6.07, 6.45) is 0. The summed E-state index contributed by atoms with van der Waals surface area (Å²) in [4.78, 5) is 5.48. The van der Waals surface area contributed by atoms with Crippen LogP contribution < -0.4 is 0 Å². The van der Waals surface area contributed by atoms with Gasteiger partial charge in [0, 0.05) is 5.56 Å². The van der Waals surface area contributed by atoms with Gasteiger partial charge in [-0.2, -0.15) is 0 Å². The molecule has 1 aromatic heterocycles. The van der Waals surface area contributed by atoms with E-state index in [-0.39, 0.29) is 0 Å². The highest BCUT2D eigenvalue weighted by atomic mass is 15.1. The molecule has 2 aliphatic rings. The predicted molar refractivity (Wildman–Crippen MR) is 215 cm³/mol. The maximum atomic E-state index is 5.48. The van der Waals surface area contributed by atoms with Crippen molar-refractivity contribution in [2.24, 2.45) is 0 Å². The zero-order chi connectivity index (χ0) is 34.0. The molecule has 0 radical (unpaired) electrons. The van der Waals surface area contributed by atoms with E-state index in [0.29, 0.717) is 0 Å². The van der Waals surface area contributed by atoms with E-state index in [1.807, 2.05) is 0 Å². The number of fused-ring (bicyclic) bond motifs is 18. The maximum Gasteiger partial charge on any atom is 0.134 e. The van der Waals surface area contributed by atoms with Crippen LogP contribution in [0.4, 0.5) is 0 Å². The minimum atomic E-state index is -0.517. The van der Waals surface area contributed by atoms with Crippen LogP contribution in [0.3, 0.4) is 0 Å². The van der Waals surface area contributed by atoms with Crippen molar-refractivity contribution in [1.29, 1.82) is 0 Å². The molecule has 0 atom stereocenters. The minimum Gasteiger partial charge on any atom is -0.294 e. The molecule has 12 rings (SSSR count). The topological polar surface area (TPSA) is 17.8 Å². The van der Waals surface area contributed by atoms with Gasteiger partial charge in [-0.15, -0.1) is 0 Å². The van der Waals surface area contributed by atoms with Crippen LogP contribution in [0.5, 0.6) is 0 Å². The fourth-order valence-corrected chi connectivity index (χ4v) is 9.66. The number of benzene rings is 9. The minimum absolute atomic E-state index is 0.517. The summed E-state index contributed by atoms with van der Waals surface area (Å²) in [5.41, 5.74) is 14.1. The van der Waals surface area contributed by atoms with Crippen LogP contribution in [0.25, 0.3) is 82.4 Å². The molecule has 52 heavy (non-hydrogen) atoms. The van der Waals surface area contributed by atoms with Crippen molar-refractivity contribution in [1.82, 2.24) is 9.55 Å². The van der Waals surface area contributed by atoms with Crippen LogP contribution in [-0.2, 0) is 5.41 Å². The third-order valence-corrected chi connectivity index (χ3v) is 11.8. The van der Waals surface area contributed by atoms with E-state index in [2.05, 4.69) is 187 Å². The Morgan fingerprint density at radius 1 is 0.365 bits per heavy atom. The van der Waals surface area contributed by atoms with Crippen molar-refractivity contribution >= 4 is 43.4 Å². The average molecular weight is 659 g/mol. The molecule has 9 aromatic carbocycles. The van der Waals surface area contributed by atoms with E-state index >= 15 is 0 Å². The van der Waals surface area contributed by atoms with Crippen molar-refractivity contribution in [3.05, 3.63) is 205 Å². The summed E-state index contributed by atoms with van der Waals surface area (Å²) < 4.78 is 2.46. The van der Waals surface area contributed by atoms with Gasteiger partial charge in [0.15, 0.2) is 0 Å². The first-order valence-electron chi connectivity index (χ1n) is 18.1. The van der Waals surface area contributed by atoms with Gasteiger partial charge in [0.25, 0.3) is 0 Å². The normalized spacial score (nSPS) is 13.5. The molecule has 1 aliphatic heterocycles. The van der Waals surface area contributed by atoms with E-state index < -0.39 is 5.41 Å². The smallest absolute Gasteiger partial charge is 0.134 e. The molecular formula is C50H30N2. The summed E-state index contributed by atoms with van der Waals surface area (Å²) in [6, 6.07) is 67.0. The molecule has 0 unspecified atom stereocenters. The van der Waals surface area contributed by atoms with Crippen molar-refractivity contribution in [2.45, 2.75) is 5.41 Å². The van der Waals surface area contributed by atoms with E-state index in [4.69, 9.17) is 4.98 Å². The Kier molecular flexibility index (Phi) is 5.46. The van der Waals surface area contributed by atoms with Gasteiger partial charge >= 0.3 is 0 Å². The Hall–Kier alpha value is -6.77. The molecule has 2 heterocycles. The number of nitrogens with zero attached hydrogens (tertiary/aromatic N) is 2. The quantitative estimate of drug-likeness (QED) is 0.169. The second-order valence-corrected chi connectivity index (χ2v) is 14.2. The summed E-state index contributed by atoms with van der Waals surface area (Å²) in [5, 5.41) is 7.75. The van der Waals surface area contributed by atoms with Crippen LogP contribution in [0.2, 0.25) is 0 Å². The van der Waals surface area contributed by atoms with Crippen molar-refractivity contribution in [2.75, 3.05) is 0 Å². The second-order valence-electron chi connectivity index (χ2n) is 14.2. The first kappa shape index (κ1) is 28.0. The Morgan fingerprint density at radius 2 is 0.885 bits per heavy atom. The van der Waals surface area contributed by atoms with E-state index in [1.165, 1.54) is 88.1 Å². The number of hydrogen-bond donors (Lipinski definition) is 0. The number of aromatic nitrogens is 2. The predicted octanol–water partition coefficient (Wildman–Crippen LogP) is 12.5. The van der Waals surface area contributed by atoms with Gasteiger partial charge in [0.05, 0.1) is 16.7 Å². The lowest BCUT2D eigenvalue weighted by Crippen LogP contribution is -2.27. The van der Waals surface area contributed by atoms with Crippen LogP contribution in [0.15, 0.2) is 182 Å². The van der Waals surface area contributed by atoms with Crippen LogP contribution in [-0.4, -0.2) is 9.55 Å². The van der Waals surface area contributed by atoms with E-state index in [9.17, 15) is 0 Å². The number of hydrogen-bond acceptors (Lipinski definition) is 1. The molecule has 240 valence electrons. The lowest BCUT2D eigenvalue weighted by Gasteiger charge is -2.27. The van der Waals surface area contributed by atoms with Gasteiger partial charge in [0.2, 0.25) is 0 Å². The van der Waals surface area contributed by atoms with Gasteiger partial charge in [-0.3, -0.25) is 4.57 Å². The number of imidazole rings is 1. The lowest BCUT2D eigenvalue weighted by atomic mass is 9.72. The van der Waals surface area contributed by atoms with Crippen molar-refractivity contribution in [3.8, 4) is 39.1 Å². The van der Waals surface area contributed by atoms with Crippen LogP contribution >= 0.6 is 0 Å². The fraction of sp³-hybridized carbons (Fsp3) is 0.0200. The van der Waals surface area contributed by atoms with Crippen LogP contribution in [0, 0.1) is 0 Å². The van der Waals surface area contributed by atoms with Crippen LogP contribution in [0.1, 0.15) is 22.5 Å². The van der Waals surface area contributed by atoms with Crippen molar-refractivity contribution in [3.63, 3.8) is 0 Å². The molecule has 0 bridgehead atoms. The SMILES string of the molecule is c1cc(-c2ccc3c4ccccc4c4ccccc4c3c2)cc(-c2cccc3c2-n2c(nc4ccccc42)C32c3ccccc3-c3ccccc32)c1. The highest BCUT2D eigenvalue weighted by Gasteiger charge is 2.54. The Morgan fingerprint density at radius 3 is 1.62 bits per heavy atom. The summed E-state index contributed by atoms with van der Waals surface area (Å²) in [5.74, 6) is 1.07. The second kappa shape index (κ2) is 10.2. The molecule has 0 amide bonds. The molecule has 0 saturated heterocycles. The number of rotatable bonds is 2. The molecule has 1 aliphatic carbocycles. The lowest BCUT2D eigenvalue weighted by molar-refractivity contribution is 0.738. The molecule has 0 N–H and O–H groups in total. The van der Waals surface area contributed by atoms with Gasteiger partial charge in [-0.1, -0.05) is 158 Å². The largest absolute Gasteiger partial charge is 0.294 e. The van der Waals surface area contributed by atoms with Gasteiger partial charge < -0.3 is 0 Å². The molecule has 2 heteroatoms. The summed E-state index contributed by atoms with van der Waals surface area (Å²) in [7, 11) is 0. The number of para-hydroxylation sites is 3. The van der Waals surface area contributed by atoms with Gasteiger partial charge in [-0.25, -0.2) is 4.98 Å². The molecular weight excluding hydrogens is 629 g/mol. The monoisotopic (exact) mass is 658 g/mol. The average Bonchev–Trinajstić information content (AvgIpc) is 3.84. The van der Waals surface area contributed by atoms with Crippen molar-refractivity contribution < 1.29 is 0 Å². The third kappa shape index (κ3) is 3.46. The highest BCUT2D eigenvalue weighted by molar-refractivity contribution is 6.25. The molecule has 1 spiro atoms. The molecule has 0 saturated carbocycles. The highest BCUT2D eigenvalue weighted by Crippen LogP contribution is 2.61. The van der Waals surface area contributed by atoms with Gasteiger partial charge in [0.1, 0.15) is 11.2 Å². The van der Waals surface area contributed by atoms with E-state index in [1.54, 1.807) is 0 Å². The zero-order valence-electron chi connectivity index (χ0n) is 28.2. The molecule has 10 aromatic rings. The Bertz CT molecular complexity index is 3060. The zero-order valence-corrected chi connectivity index (χ0v) is 28.2. The third-order valence-electron chi connectivity index (χ3n) is 11.8. The van der Waals surface area contributed by atoms with E-state index in [0.717, 1.165) is 16.9 Å². The first-order valence-corrected chi connectivity index (χ1v) is 18.1. The molecule has 0 fully saturated rings. The Labute approximate surface area is 300 Å².